The summed E-state index contributed by atoms with van der Waals surface area (Å²) < 4.78 is 7.12. The SMILES string of the molecule is Cc1ccccc1COc1ccc(Br)cc1CNCCCCCO. The van der Waals surface area contributed by atoms with E-state index in [9.17, 15) is 0 Å². The van der Waals surface area contributed by atoms with E-state index in [1.54, 1.807) is 0 Å². The number of benzene rings is 2. The van der Waals surface area contributed by atoms with Gasteiger partial charge in [-0.1, -0.05) is 40.2 Å². The average Bonchev–Trinajstić information content (AvgIpc) is 2.58. The van der Waals surface area contributed by atoms with Gasteiger partial charge in [0.2, 0.25) is 0 Å². The maximum atomic E-state index is 8.80. The Morgan fingerprint density at radius 3 is 2.67 bits per heavy atom. The Morgan fingerprint density at radius 2 is 1.88 bits per heavy atom. The molecular formula is C20H26BrNO2. The molecule has 0 fully saturated rings. The van der Waals surface area contributed by atoms with E-state index in [2.05, 4.69) is 46.4 Å². The first kappa shape index (κ1) is 19.0. The second kappa shape index (κ2) is 10.5. The van der Waals surface area contributed by atoms with E-state index in [0.29, 0.717) is 6.61 Å². The number of unbranched alkanes of at least 4 members (excludes halogenated alkanes) is 2. The Labute approximate surface area is 153 Å². The minimum absolute atomic E-state index is 0.280. The largest absolute Gasteiger partial charge is 0.489 e. The molecule has 4 heteroatoms. The first-order valence-electron chi connectivity index (χ1n) is 8.48. The van der Waals surface area contributed by atoms with E-state index < -0.39 is 0 Å². The van der Waals surface area contributed by atoms with Crippen molar-refractivity contribution < 1.29 is 9.84 Å². The Morgan fingerprint density at radius 1 is 1.04 bits per heavy atom. The van der Waals surface area contributed by atoms with Crippen molar-refractivity contribution in [3.8, 4) is 5.75 Å². The van der Waals surface area contributed by atoms with Gasteiger partial charge in [-0.3, -0.25) is 0 Å². The fraction of sp³-hybridized carbons (Fsp3) is 0.400. The van der Waals surface area contributed by atoms with Crippen molar-refractivity contribution in [3.05, 3.63) is 63.6 Å². The summed E-state index contributed by atoms with van der Waals surface area (Å²) in [5.74, 6) is 0.921. The van der Waals surface area contributed by atoms with Crippen molar-refractivity contribution in [1.82, 2.24) is 5.32 Å². The smallest absolute Gasteiger partial charge is 0.124 e. The lowest BCUT2D eigenvalue weighted by Gasteiger charge is -2.14. The number of halogens is 1. The van der Waals surface area contributed by atoms with Crippen LogP contribution in [0.25, 0.3) is 0 Å². The van der Waals surface area contributed by atoms with Gasteiger partial charge in [-0.25, -0.2) is 0 Å². The van der Waals surface area contributed by atoms with E-state index in [0.717, 1.165) is 48.1 Å². The van der Waals surface area contributed by atoms with Crippen molar-refractivity contribution in [2.75, 3.05) is 13.2 Å². The number of hydrogen-bond acceptors (Lipinski definition) is 3. The van der Waals surface area contributed by atoms with Crippen LogP contribution in [0.3, 0.4) is 0 Å². The highest BCUT2D eigenvalue weighted by Crippen LogP contribution is 2.24. The molecule has 0 unspecified atom stereocenters. The molecule has 0 amide bonds. The van der Waals surface area contributed by atoms with Gasteiger partial charge < -0.3 is 15.2 Å². The van der Waals surface area contributed by atoms with E-state index in [-0.39, 0.29) is 6.61 Å². The highest BCUT2D eigenvalue weighted by molar-refractivity contribution is 9.10. The van der Waals surface area contributed by atoms with E-state index in [4.69, 9.17) is 9.84 Å². The summed E-state index contributed by atoms with van der Waals surface area (Å²) in [6.45, 7) is 4.70. The van der Waals surface area contributed by atoms with Gasteiger partial charge in [0.15, 0.2) is 0 Å². The monoisotopic (exact) mass is 391 g/mol. The van der Waals surface area contributed by atoms with Gasteiger partial charge >= 0.3 is 0 Å². The van der Waals surface area contributed by atoms with Crippen LogP contribution in [0.2, 0.25) is 0 Å². The lowest BCUT2D eigenvalue weighted by atomic mass is 10.1. The van der Waals surface area contributed by atoms with Crippen LogP contribution >= 0.6 is 15.9 Å². The van der Waals surface area contributed by atoms with Gasteiger partial charge in [0.1, 0.15) is 12.4 Å². The molecule has 2 aromatic rings. The van der Waals surface area contributed by atoms with Gasteiger partial charge in [-0.15, -0.1) is 0 Å². The van der Waals surface area contributed by atoms with E-state index >= 15 is 0 Å². The number of ether oxygens (including phenoxy) is 1. The first-order chi connectivity index (χ1) is 11.7. The van der Waals surface area contributed by atoms with Gasteiger partial charge in [0.05, 0.1) is 0 Å². The molecule has 24 heavy (non-hydrogen) atoms. The van der Waals surface area contributed by atoms with Crippen LogP contribution in [0.1, 0.15) is 36.0 Å². The van der Waals surface area contributed by atoms with Gasteiger partial charge in [0, 0.05) is 23.2 Å². The van der Waals surface area contributed by atoms with Crippen LogP contribution in [-0.2, 0) is 13.2 Å². The van der Waals surface area contributed by atoms with Crippen LogP contribution in [0.5, 0.6) is 5.75 Å². The molecule has 3 nitrogen and oxygen atoms in total. The molecule has 0 aliphatic rings. The van der Waals surface area contributed by atoms with Crippen LogP contribution in [0, 0.1) is 6.92 Å². The molecule has 0 atom stereocenters. The second-order valence-electron chi connectivity index (χ2n) is 5.93. The van der Waals surface area contributed by atoms with Gasteiger partial charge in [-0.2, -0.15) is 0 Å². The summed E-state index contributed by atoms with van der Waals surface area (Å²) in [7, 11) is 0. The van der Waals surface area contributed by atoms with Crippen molar-refractivity contribution in [1.29, 1.82) is 0 Å². The minimum Gasteiger partial charge on any atom is -0.489 e. The van der Waals surface area contributed by atoms with Crippen LogP contribution in [-0.4, -0.2) is 18.3 Å². The summed E-state index contributed by atoms with van der Waals surface area (Å²) in [6.07, 6.45) is 3.01. The third-order valence-electron chi connectivity index (χ3n) is 3.99. The normalized spacial score (nSPS) is 10.8. The molecule has 0 aliphatic heterocycles. The maximum absolute atomic E-state index is 8.80. The van der Waals surface area contributed by atoms with E-state index in [1.807, 2.05) is 24.3 Å². The molecule has 0 saturated heterocycles. The van der Waals surface area contributed by atoms with Gasteiger partial charge in [0.25, 0.3) is 0 Å². The summed E-state index contributed by atoms with van der Waals surface area (Å²) in [4.78, 5) is 0. The predicted molar refractivity (Wildman–Crippen MR) is 102 cm³/mol. The zero-order valence-electron chi connectivity index (χ0n) is 14.2. The number of nitrogens with one attached hydrogen (secondary N) is 1. The minimum atomic E-state index is 0.280. The predicted octanol–water partition coefficient (Wildman–Crippen LogP) is 4.59. The molecule has 2 rings (SSSR count). The van der Waals surface area contributed by atoms with Crippen LogP contribution in [0.15, 0.2) is 46.9 Å². The van der Waals surface area contributed by atoms with Gasteiger partial charge in [-0.05, 0) is 62.1 Å². The molecule has 0 saturated carbocycles. The van der Waals surface area contributed by atoms with Crippen LogP contribution < -0.4 is 10.1 Å². The Hall–Kier alpha value is -1.36. The third-order valence-corrected chi connectivity index (χ3v) is 4.49. The molecule has 0 radical (unpaired) electrons. The van der Waals surface area contributed by atoms with Crippen LogP contribution in [0.4, 0.5) is 0 Å². The Balaban J connectivity index is 1.91. The summed E-state index contributed by atoms with van der Waals surface area (Å²) in [5.41, 5.74) is 3.61. The lowest BCUT2D eigenvalue weighted by molar-refractivity contribution is 0.282. The molecule has 0 spiro atoms. The molecule has 0 aliphatic carbocycles. The molecule has 2 N–H and O–H groups in total. The number of aryl methyl sites for hydroxylation is 1. The first-order valence-corrected chi connectivity index (χ1v) is 9.27. The highest BCUT2D eigenvalue weighted by Gasteiger charge is 2.06. The third kappa shape index (κ3) is 6.27. The number of aliphatic hydroxyl groups excluding tert-OH is 1. The van der Waals surface area contributed by atoms with Crippen molar-refractivity contribution >= 4 is 15.9 Å². The number of hydrogen-bond donors (Lipinski definition) is 2. The second-order valence-corrected chi connectivity index (χ2v) is 6.84. The van der Waals surface area contributed by atoms with Crippen molar-refractivity contribution in [3.63, 3.8) is 0 Å². The Bertz CT molecular complexity index is 631. The molecule has 0 heterocycles. The summed E-state index contributed by atoms with van der Waals surface area (Å²) in [6, 6.07) is 14.4. The highest BCUT2D eigenvalue weighted by atomic mass is 79.9. The van der Waals surface area contributed by atoms with Crippen molar-refractivity contribution in [2.24, 2.45) is 0 Å². The Kier molecular flexibility index (Phi) is 8.29. The lowest BCUT2D eigenvalue weighted by Crippen LogP contribution is -2.15. The number of aliphatic hydroxyl groups is 1. The average molecular weight is 392 g/mol. The fourth-order valence-electron chi connectivity index (χ4n) is 2.52. The molecule has 0 aromatic heterocycles. The van der Waals surface area contributed by atoms with E-state index in [1.165, 1.54) is 11.1 Å². The topological polar surface area (TPSA) is 41.5 Å². The molecule has 0 bridgehead atoms. The zero-order chi connectivity index (χ0) is 17.2. The summed E-state index contributed by atoms with van der Waals surface area (Å²) in [5, 5.41) is 12.3. The molecular weight excluding hydrogens is 366 g/mol. The number of rotatable bonds is 10. The molecule has 2 aromatic carbocycles. The summed E-state index contributed by atoms with van der Waals surface area (Å²) >= 11 is 3.54. The standard InChI is InChI=1S/C20H26BrNO2/c1-16-7-3-4-8-17(16)15-24-20-10-9-19(21)13-18(20)14-22-11-5-2-6-12-23/h3-4,7-10,13,22-23H,2,5-6,11-12,14-15H2,1H3. The zero-order valence-corrected chi connectivity index (χ0v) is 15.8. The van der Waals surface area contributed by atoms with Crippen molar-refractivity contribution in [2.45, 2.75) is 39.3 Å². The fourth-order valence-corrected chi connectivity index (χ4v) is 2.92. The quantitative estimate of drug-likeness (QED) is 0.582. The molecule has 130 valence electrons. The maximum Gasteiger partial charge on any atom is 0.124 e.